The largest absolute Gasteiger partial charge is 0.480 e. The van der Waals surface area contributed by atoms with Crippen LogP contribution in [0.25, 0.3) is 0 Å². The Morgan fingerprint density at radius 2 is 1.89 bits per heavy atom. The van der Waals surface area contributed by atoms with Crippen LogP contribution < -0.4 is 10.6 Å². The second-order valence-electron chi connectivity index (χ2n) is 4.53. The highest BCUT2D eigenvalue weighted by molar-refractivity contribution is 5.82. The van der Waals surface area contributed by atoms with E-state index in [1.165, 1.54) is 0 Å². The Balaban J connectivity index is 2.46. The average Bonchev–Trinajstić information content (AvgIpc) is 3.04. The Bertz CT molecular complexity index is 342. The van der Waals surface area contributed by atoms with Crippen LogP contribution >= 0.6 is 0 Å². The van der Waals surface area contributed by atoms with Gasteiger partial charge in [0.2, 0.25) is 11.4 Å². The van der Waals surface area contributed by atoms with E-state index in [1.54, 1.807) is 5.32 Å². The number of carbonyl (C=O) groups excluding carboxylic acids is 1. The predicted octanol–water partition coefficient (Wildman–Crippen LogP) is 0.508. The van der Waals surface area contributed by atoms with E-state index in [0.717, 1.165) is 12.8 Å². The molecule has 0 radical (unpaired) electrons. The maximum atomic E-state index is 12.6. The molecule has 104 valence electrons. The Morgan fingerprint density at radius 1 is 1.33 bits per heavy atom. The highest BCUT2D eigenvalue weighted by Gasteiger charge is 2.57. The minimum atomic E-state index is -4.98. The lowest BCUT2D eigenvalue weighted by Gasteiger charge is -2.28. The molecule has 0 aromatic heterocycles. The fourth-order valence-corrected chi connectivity index (χ4v) is 1.20. The SMILES string of the molecule is CC(NCC(=O)NCC1CC1)(C(=O)O)C(F)(F)F. The molecule has 1 rings (SSSR count). The van der Waals surface area contributed by atoms with Crippen LogP contribution in [0.3, 0.4) is 0 Å². The van der Waals surface area contributed by atoms with Crippen molar-refractivity contribution in [3.05, 3.63) is 0 Å². The van der Waals surface area contributed by atoms with Gasteiger partial charge in [-0.05, 0) is 25.7 Å². The van der Waals surface area contributed by atoms with Gasteiger partial charge in [-0.25, -0.2) is 4.79 Å². The molecule has 0 heterocycles. The lowest BCUT2D eigenvalue weighted by Crippen LogP contribution is -2.61. The number of amides is 1. The van der Waals surface area contributed by atoms with Gasteiger partial charge in [-0.2, -0.15) is 13.2 Å². The number of alkyl halides is 3. The average molecular weight is 268 g/mol. The molecule has 0 saturated heterocycles. The van der Waals surface area contributed by atoms with Gasteiger partial charge < -0.3 is 10.4 Å². The van der Waals surface area contributed by atoms with E-state index in [4.69, 9.17) is 5.11 Å². The van der Waals surface area contributed by atoms with Gasteiger partial charge in [-0.1, -0.05) is 0 Å². The zero-order valence-electron chi connectivity index (χ0n) is 9.80. The zero-order valence-corrected chi connectivity index (χ0v) is 9.80. The van der Waals surface area contributed by atoms with Gasteiger partial charge in [0.05, 0.1) is 6.54 Å². The van der Waals surface area contributed by atoms with Gasteiger partial charge >= 0.3 is 12.1 Å². The van der Waals surface area contributed by atoms with Crippen molar-refractivity contribution in [1.29, 1.82) is 0 Å². The van der Waals surface area contributed by atoms with E-state index in [0.29, 0.717) is 19.4 Å². The molecule has 0 aromatic rings. The molecule has 1 amide bonds. The van der Waals surface area contributed by atoms with Crippen molar-refractivity contribution in [2.24, 2.45) is 5.92 Å². The Hall–Kier alpha value is -1.31. The number of hydrogen-bond acceptors (Lipinski definition) is 3. The van der Waals surface area contributed by atoms with E-state index in [-0.39, 0.29) is 0 Å². The number of halogens is 3. The Kier molecular flexibility index (Phi) is 4.20. The molecule has 1 aliphatic rings. The first kappa shape index (κ1) is 14.7. The number of carbonyl (C=O) groups is 2. The summed E-state index contributed by atoms with van der Waals surface area (Å²) in [5.41, 5.74) is -3.12. The lowest BCUT2D eigenvalue weighted by molar-refractivity contribution is -0.205. The number of rotatable bonds is 6. The molecule has 5 nitrogen and oxygen atoms in total. The summed E-state index contributed by atoms with van der Waals surface area (Å²) >= 11 is 0. The highest BCUT2D eigenvalue weighted by atomic mass is 19.4. The molecule has 1 unspecified atom stereocenters. The van der Waals surface area contributed by atoms with Gasteiger partial charge in [-0.3, -0.25) is 10.1 Å². The van der Waals surface area contributed by atoms with E-state index in [9.17, 15) is 22.8 Å². The van der Waals surface area contributed by atoms with Crippen LogP contribution in [0.15, 0.2) is 0 Å². The first-order valence-corrected chi connectivity index (χ1v) is 5.48. The van der Waals surface area contributed by atoms with Crippen LogP contribution in [-0.2, 0) is 9.59 Å². The van der Waals surface area contributed by atoms with Crippen molar-refractivity contribution in [2.45, 2.75) is 31.5 Å². The summed E-state index contributed by atoms with van der Waals surface area (Å²) in [5.74, 6) is -2.30. The number of carboxylic acids is 1. The van der Waals surface area contributed by atoms with Crippen LogP contribution in [0, 0.1) is 5.92 Å². The normalized spacial score (nSPS) is 19.1. The molecule has 0 spiro atoms. The van der Waals surface area contributed by atoms with Crippen LogP contribution in [0.4, 0.5) is 13.2 Å². The van der Waals surface area contributed by atoms with E-state index >= 15 is 0 Å². The van der Waals surface area contributed by atoms with Crippen LogP contribution in [0.5, 0.6) is 0 Å². The van der Waals surface area contributed by atoms with E-state index in [1.807, 2.05) is 0 Å². The van der Waals surface area contributed by atoms with Crippen LogP contribution in [-0.4, -0.2) is 41.8 Å². The minimum Gasteiger partial charge on any atom is -0.480 e. The molecular formula is C10H15F3N2O3. The standard InChI is InChI=1S/C10H15F3N2O3/c1-9(8(17)18,10(11,12)13)15-5-7(16)14-4-6-2-3-6/h6,15H,2-5H2,1H3,(H,14,16)(H,17,18). The van der Waals surface area contributed by atoms with Crippen molar-refractivity contribution in [2.75, 3.05) is 13.1 Å². The third-order valence-corrected chi connectivity index (χ3v) is 2.88. The number of hydrogen-bond donors (Lipinski definition) is 3. The van der Waals surface area contributed by atoms with Crippen LogP contribution in [0.1, 0.15) is 19.8 Å². The maximum Gasteiger partial charge on any atom is 0.417 e. The highest BCUT2D eigenvalue weighted by Crippen LogP contribution is 2.30. The first-order valence-electron chi connectivity index (χ1n) is 5.48. The summed E-state index contributed by atoms with van der Waals surface area (Å²) in [7, 11) is 0. The smallest absolute Gasteiger partial charge is 0.417 e. The number of aliphatic carboxylic acids is 1. The van der Waals surface area contributed by atoms with Crippen LogP contribution in [0.2, 0.25) is 0 Å². The summed E-state index contributed by atoms with van der Waals surface area (Å²) in [5, 5.41) is 12.8. The molecule has 1 saturated carbocycles. The number of carboxylic acid groups (broad SMARTS) is 1. The molecular weight excluding hydrogens is 253 g/mol. The van der Waals surface area contributed by atoms with Crippen molar-refractivity contribution < 1.29 is 27.9 Å². The molecule has 3 N–H and O–H groups in total. The van der Waals surface area contributed by atoms with Gasteiger partial charge in [-0.15, -0.1) is 0 Å². The summed E-state index contributed by atoms with van der Waals surface area (Å²) in [6.45, 7) is 0.231. The predicted molar refractivity (Wildman–Crippen MR) is 55.8 cm³/mol. The summed E-state index contributed by atoms with van der Waals surface area (Å²) < 4.78 is 37.7. The minimum absolute atomic E-state index is 0.405. The maximum absolute atomic E-state index is 12.6. The Morgan fingerprint density at radius 3 is 2.28 bits per heavy atom. The summed E-state index contributed by atoms with van der Waals surface area (Å²) in [6.07, 6.45) is -2.97. The summed E-state index contributed by atoms with van der Waals surface area (Å²) in [4.78, 5) is 21.9. The molecule has 0 aromatic carbocycles. The second kappa shape index (κ2) is 5.13. The lowest BCUT2D eigenvalue weighted by atomic mass is 10.0. The fraction of sp³-hybridized carbons (Fsp3) is 0.800. The van der Waals surface area contributed by atoms with Crippen molar-refractivity contribution in [3.8, 4) is 0 Å². The van der Waals surface area contributed by atoms with Gasteiger partial charge in [0.1, 0.15) is 0 Å². The first-order chi connectivity index (χ1) is 8.17. The number of nitrogens with one attached hydrogen (secondary N) is 2. The third kappa shape index (κ3) is 3.59. The quantitative estimate of drug-likeness (QED) is 0.656. The molecule has 18 heavy (non-hydrogen) atoms. The van der Waals surface area contributed by atoms with Gasteiger partial charge in [0.25, 0.3) is 0 Å². The molecule has 1 aliphatic carbocycles. The van der Waals surface area contributed by atoms with E-state index in [2.05, 4.69) is 5.32 Å². The topological polar surface area (TPSA) is 78.4 Å². The van der Waals surface area contributed by atoms with Crippen molar-refractivity contribution in [3.63, 3.8) is 0 Å². The monoisotopic (exact) mass is 268 g/mol. The second-order valence-corrected chi connectivity index (χ2v) is 4.53. The third-order valence-electron chi connectivity index (χ3n) is 2.88. The van der Waals surface area contributed by atoms with Crippen molar-refractivity contribution in [1.82, 2.24) is 10.6 Å². The molecule has 1 atom stereocenters. The van der Waals surface area contributed by atoms with Gasteiger partial charge in [0.15, 0.2) is 0 Å². The Labute approximate surface area is 102 Å². The van der Waals surface area contributed by atoms with E-state index < -0.39 is 30.1 Å². The molecule has 1 fully saturated rings. The molecule has 0 bridgehead atoms. The van der Waals surface area contributed by atoms with Gasteiger partial charge in [0, 0.05) is 6.54 Å². The van der Waals surface area contributed by atoms with Crippen molar-refractivity contribution >= 4 is 11.9 Å². The molecule has 0 aliphatic heterocycles. The summed E-state index contributed by atoms with van der Waals surface area (Å²) in [6, 6.07) is 0. The zero-order chi connectivity index (χ0) is 14.0. The fourth-order valence-electron chi connectivity index (χ4n) is 1.20. The molecule has 8 heteroatoms.